The van der Waals surface area contributed by atoms with E-state index in [1.54, 1.807) is 7.11 Å². The summed E-state index contributed by atoms with van der Waals surface area (Å²) in [6.45, 7) is 2.73. The topological polar surface area (TPSA) is 88.2 Å². The number of hydrogen-bond acceptors (Lipinski definition) is 7. The Kier molecular flexibility index (Phi) is 5.26. The minimum Gasteiger partial charge on any atom is -0.497 e. The SMILES string of the molecule is COc1ccc(CN2CCc3n[nH]c4nc(NCCOc5ccccc5)nc2c34)cc1. The van der Waals surface area contributed by atoms with E-state index in [1.807, 2.05) is 42.5 Å². The number of H-pyrrole nitrogens is 1. The van der Waals surface area contributed by atoms with Gasteiger partial charge in [-0.25, -0.2) is 0 Å². The van der Waals surface area contributed by atoms with Crippen molar-refractivity contribution in [1.82, 2.24) is 20.2 Å². The van der Waals surface area contributed by atoms with Crippen LogP contribution in [0.3, 0.4) is 0 Å². The Morgan fingerprint density at radius 1 is 1.03 bits per heavy atom. The summed E-state index contributed by atoms with van der Waals surface area (Å²) >= 11 is 0. The van der Waals surface area contributed by atoms with Crippen LogP contribution in [0, 0.1) is 0 Å². The van der Waals surface area contributed by atoms with Gasteiger partial charge in [-0.1, -0.05) is 30.3 Å². The molecule has 1 aliphatic rings. The van der Waals surface area contributed by atoms with E-state index in [1.165, 1.54) is 5.56 Å². The van der Waals surface area contributed by atoms with Gasteiger partial charge in [-0.2, -0.15) is 15.1 Å². The highest BCUT2D eigenvalue weighted by Gasteiger charge is 2.24. The van der Waals surface area contributed by atoms with Crippen molar-refractivity contribution < 1.29 is 9.47 Å². The molecule has 0 atom stereocenters. The van der Waals surface area contributed by atoms with E-state index in [0.717, 1.165) is 53.6 Å². The van der Waals surface area contributed by atoms with Crippen molar-refractivity contribution in [2.24, 2.45) is 0 Å². The lowest BCUT2D eigenvalue weighted by Gasteiger charge is -2.28. The summed E-state index contributed by atoms with van der Waals surface area (Å²) in [5.41, 5.74) is 2.98. The molecule has 8 nitrogen and oxygen atoms in total. The molecule has 2 aromatic carbocycles. The molecule has 0 fully saturated rings. The largest absolute Gasteiger partial charge is 0.497 e. The van der Waals surface area contributed by atoms with Crippen LogP contribution in [0.2, 0.25) is 0 Å². The van der Waals surface area contributed by atoms with Crippen LogP contribution in [0.1, 0.15) is 11.3 Å². The lowest BCUT2D eigenvalue weighted by molar-refractivity contribution is 0.332. The van der Waals surface area contributed by atoms with E-state index in [0.29, 0.717) is 19.1 Å². The molecule has 0 aliphatic carbocycles. The molecule has 158 valence electrons. The third kappa shape index (κ3) is 4.09. The Labute approximate surface area is 180 Å². The van der Waals surface area contributed by atoms with E-state index in [2.05, 4.69) is 37.5 Å². The fourth-order valence-corrected chi connectivity index (χ4v) is 3.76. The molecule has 3 heterocycles. The molecule has 31 heavy (non-hydrogen) atoms. The lowest BCUT2D eigenvalue weighted by atomic mass is 10.1. The molecule has 2 N–H and O–H groups in total. The van der Waals surface area contributed by atoms with Gasteiger partial charge < -0.3 is 19.7 Å². The van der Waals surface area contributed by atoms with Crippen molar-refractivity contribution in [1.29, 1.82) is 0 Å². The van der Waals surface area contributed by atoms with Gasteiger partial charge in [0.05, 0.1) is 24.7 Å². The summed E-state index contributed by atoms with van der Waals surface area (Å²) in [4.78, 5) is 11.7. The molecule has 1 aliphatic heterocycles. The van der Waals surface area contributed by atoms with E-state index in [-0.39, 0.29) is 0 Å². The second-order valence-electron chi connectivity index (χ2n) is 7.37. The average Bonchev–Trinajstić information content (AvgIpc) is 3.23. The molecular weight excluding hydrogens is 392 g/mol. The van der Waals surface area contributed by atoms with Crippen LogP contribution in [0.15, 0.2) is 54.6 Å². The highest BCUT2D eigenvalue weighted by molar-refractivity contribution is 5.91. The highest BCUT2D eigenvalue weighted by Crippen LogP contribution is 2.32. The molecule has 0 bridgehead atoms. The second kappa shape index (κ2) is 8.51. The van der Waals surface area contributed by atoms with Crippen molar-refractivity contribution in [2.75, 3.05) is 37.0 Å². The standard InChI is InChI=1S/C23H24N6O2/c1-30-17-9-7-16(8-10-17)15-29-13-11-19-20-21(28-27-19)25-23(26-22(20)29)24-12-14-31-18-5-3-2-4-6-18/h2-10H,11-15H2,1H3,(H2,24,25,26,27,28). The van der Waals surface area contributed by atoms with Crippen LogP contribution in [0.25, 0.3) is 11.0 Å². The van der Waals surface area contributed by atoms with E-state index >= 15 is 0 Å². The first-order valence-corrected chi connectivity index (χ1v) is 10.3. The zero-order chi connectivity index (χ0) is 21.0. The Morgan fingerprint density at radius 3 is 2.68 bits per heavy atom. The minimum absolute atomic E-state index is 0.518. The van der Waals surface area contributed by atoms with Gasteiger partial charge in [0.15, 0.2) is 5.65 Å². The molecule has 8 heteroatoms. The fraction of sp³-hybridized carbons (Fsp3) is 0.261. The number of ether oxygens (including phenoxy) is 2. The first-order chi connectivity index (χ1) is 15.3. The monoisotopic (exact) mass is 416 g/mol. The number of rotatable bonds is 8. The quantitative estimate of drug-likeness (QED) is 0.426. The minimum atomic E-state index is 0.518. The predicted octanol–water partition coefficient (Wildman–Crippen LogP) is 3.42. The third-order valence-electron chi connectivity index (χ3n) is 5.32. The number of methoxy groups -OCH3 is 1. The molecule has 0 saturated heterocycles. The molecule has 0 unspecified atom stereocenters. The summed E-state index contributed by atoms with van der Waals surface area (Å²) in [5.74, 6) is 3.17. The molecule has 0 radical (unpaired) electrons. The van der Waals surface area contributed by atoms with E-state index in [9.17, 15) is 0 Å². The van der Waals surface area contributed by atoms with Crippen molar-refractivity contribution in [3.63, 3.8) is 0 Å². The number of para-hydroxylation sites is 1. The van der Waals surface area contributed by atoms with Crippen LogP contribution >= 0.6 is 0 Å². The van der Waals surface area contributed by atoms with Gasteiger partial charge in [0.1, 0.15) is 23.9 Å². The summed E-state index contributed by atoms with van der Waals surface area (Å²) in [7, 11) is 1.68. The number of aromatic amines is 1. The summed E-state index contributed by atoms with van der Waals surface area (Å²) in [5, 5.41) is 11.8. The highest BCUT2D eigenvalue weighted by atomic mass is 16.5. The second-order valence-corrected chi connectivity index (χ2v) is 7.37. The number of nitrogens with one attached hydrogen (secondary N) is 2. The Balaban J connectivity index is 1.32. The summed E-state index contributed by atoms with van der Waals surface area (Å²) < 4.78 is 11.0. The van der Waals surface area contributed by atoms with Gasteiger partial charge in [-0.15, -0.1) is 0 Å². The van der Waals surface area contributed by atoms with Gasteiger partial charge in [0.2, 0.25) is 5.95 Å². The predicted molar refractivity (Wildman–Crippen MR) is 120 cm³/mol. The van der Waals surface area contributed by atoms with Crippen LogP contribution in [-0.2, 0) is 13.0 Å². The molecule has 5 rings (SSSR count). The van der Waals surface area contributed by atoms with Crippen molar-refractivity contribution in [3.8, 4) is 11.5 Å². The molecule has 0 saturated carbocycles. The van der Waals surface area contributed by atoms with Crippen LogP contribution in [0.4, 0.5) is 11.8 Å². The number of aromatic nitrogens is 4. The molecule has 2 aromatic heterocycles. The average molecular weight is 416 g/mol. The Morgan fingerprint density at radius 2 is 1.87 bits per heavy atom. The summed E-state index contributed by atoms with van der Waals surface area (Å²) in [6.07, 6.45) is 0.865. The normalized spacial score (nSPS) is 12.7. The molecule has 0 amide bonds. The Hall–Kier alpha value is -3.81. The molecule has 0 spiro atoms. The van der Waals surface area contributed by atoms with Crippen LogP contribution in [-0.4, -0.2) is 47.0 Å². The van der Waals surface area contributed by atoms with Gasteiger partial charge in [0, 0.05) is 19.5 Å². The number of benzene rings is 2. The molecular formula is C23H24N6O2. The maximum atomic E-state index is 5.75. The number of hydrogen-bond donors (Lipinski definition) is 2. The maximum absolute atomic E-state index is 5.75. The molecule has 4 aromatic rings. The van der Waals surface area contributed by atoms with Gasteiger partial charge in [-0.3, -0.25) is 5.10 Å². The zero-order valence-electron chi connectivity index (χ0n) is 17.3. The van der Waals surface area contributed by atoms with Crippen LogP contribution in [0.5, 0.6) is 11.5 Å². The van der Waals surface area contributed by atoms with Gasteiger partial charge in [-0.05, 0) is 29.8 Å². The Bertz CT molecular complexity index is 1160. The van der Waals surface area contributed by atoms with Crippen molar-refractivity contribution in [3.05, 3.63) is 65.9 Å². The smallest absolute Gasteiger partial charge is 0.226 e. The van der Waals surface area contributed by atoms with Crippen LogP contribution < -0.4 is 19.7 Å². The van der Waals surface area contributed by atoms with E-state index < -0.39 is 0 Å². The summed E-state index contributed by atoms with van der Waals surface area (Å²) in [6, 6.07) is 17.9. The third-order valence-corrected chi connectivity index (χ3v) is 5.32. The number of anilines is 2. The van der Waals surface area contributed by atoms with Gasteiger partial charge >= 0.3 is 0 Å². The van der Waals surface area contributed by atoms with Gasteiger partial charge in [0.25, 0.3) is 0 Å². The maximum Gasteiger partial charge on any atom is 0.226 e. The van der Waals surface area contributed by atoms with Crippen molar-refractivity contribution in [2.45, 2.75) is 13.0 Å². The first-order valence-electron chi connectivity index (χ1n) is 10.3. The lowest BCUT2D eigenvalue weighted by Crippen LogP contribution is -2.30. The van der Waals surface area contributed by atoms with Crippen molar-refractivity contribution >= 4 is 22.8 Å². The first kappa shape index (κ1) is 19.2. The van der Waals surface area contributed by atoms with E-state index in [4.69, 9.17) is 14.5 Å². The number of nitrogens with zero attached hydrogens (tertiary/aromatic N) is 4. The zero-order valence-corrected chi connectivity index (χ0v) is 17.3. The fourth-order valence-electron chi connectivity index (χ4n) is 3.76.